The van der Waals surface area contributed by atoms with Crippen LogP contribution in [-0.4, -0.2) is 81.2 Å². The number of carbonyl (C=O) groups excluding carboxylic acids is 4. The Balaban J connectivity index is -0.000000534. The van der Waals surface area contributed by atoms with Crippen molar-refractivity contribution in [3.8, 4) is 0 Å². The van der Waals surface area contributed by atoms with Crippen LogP contribution < -0.4 is 10.2 Å². The molecule has 0 N–H and O–H groups in total. The molecule has 37 heavy (non-hydrogen) atoms. The van der Waals surface area contributed by atoms with E-state index in [4.69, 9.17) is 9.47 Å². The van der Waals surface area contributed by atoms with Crippen LogP contribution in [0.5, 0.6) is 0 Å². The van der Waals surface area contributed by atoms with Crippen LogP contribution in [0, 0.1) is 0 Å². The average Bonchev–Trinajstić information content (AvgIpc) is 2.85. The minimum absolute atomic E-state index is 0.0835. The molecule has 0 atom stereocenters. The summed E-state index contributed by atoms with van der Waals surface area (Å²) in [4.78, 5) is 42.3. The summed E-state index contributed by atoms with van der Waals surface area (Å²) in [5.74, 6) is 0.0570. The Morgan fingerprint density at radius 3 is 1.27 bits per heavy atom. The van der Waals surface area contributed by atoms with E-state index in [1.54, 1.807) is 0 Å². The van der Waals surface area contributed by atoms with E-state index in [1.807, 2.05) is 0 Å². The van der Waals surface area contributed by atoms with E-state index in [1.165, 1.54) is 23.5 Å². The van der Waals surface area contributed by atoms with Crippen LogP contribution in [0.25, 0.3) is 0 Å². The van der Waals surface area contributed by atoms with Crippen LogP contribution in [0.4, 0.5) is 0 Å². The number of aliphatic carboxylic acids is 2. The summed E-state index contributed by atoms with van der Waals surface area (Å²) in [5.41, 5.74) is 0. The third-order valence-electron chi connectivity index (χ3n) is 4.26. The van der Waals surface area contributed by atoms with Gasteiger partial charge in [0.15, 0.2) is 0 Å². The second kappa shape index (κ2) is 35.4. The summed E-state index contributed by atoms with van der Waals surface area (Å²) in [6.07, 6.45) is 9.47. The predicted octanol–water partition coefficient (Wildman–Crippen LogP) is 3.53. The van der Waals surface area contributed by atoms with Gasteiger partial charge in [0, 0.05) is 11.5 Å². The van der Waals surface area contributed by atoms with E-state index >= 15 is 0 Å². The minimum atomic E-state index is -0.962. The van der Waals surface area contributed by atoms with Gasteiger partial charge in [-0.1, -0.05) is 26.7 Å². The molecule has 0 aromatic rings. The Morgan fingerprint density at radius 1 is 0.622 bits per heavy atom. The van der Waals surface area contributed by atoms with Crippen molar-refractivity contribution < 1.29 is 38.9 Å². The quantitative estimate of drug-likeness (QED) is 0.0957. The first-order chi connectivity index (χ1) is 17.7. The summed E-state index contributed by atoms with van der Waals surface area (Å²) < 4.78 is 12.1. The Kier molecular flexibility index (Phi) is 39.1. The first kappa shape index (κ1) is 40.9. The van der Waals surface area contributed by atoms with Crippen LogP contribution in [0.3, 0.4) is 0 Å². The van der Waals surface area contributed by atoms with Crippen molar-refractivity contribution in [1.29, 1.82) is 0 Å². The normalized spacial score (nSPS) is 9.62. The molecule has 0 spiro atoms. The van der Waals surface area contributed by atoms with Gasteiger partial charge in [-0.2, -0.15) is 23.5 Å². The molecule has 216 valence electrons. The number of hydrogen-bond acceptors (Lipinski definition) is 10. The van der Waals surface area contributed by atoms with Crippen LogP contribution in [0.2, 0.25) is 8.87 Å². The molecule has 0 rings (SSSR count). The fraction of sp³-hybridized carbons (Fsp3) is 0.846. The van der Waals surface area contributed by atoms with Crippen molar-refractivity contribution in [2.24, 2.45) is 0 Å². The van der Waals surface area contributed by atoms with E-state index in [9.17, 15) is 29.4 Å². The zero-order chi connectivity index (χ0) is 28.6. The van der Waals surface area contributed by atoms with Crippen molar-refractivity contribution in [2.75, 3.05) is 36.2 Å². The van der Waals surface area contributed by atoms with Gasteiger partial charge in [0.1, 0.15) is 0 Å². The second-order valence-corrected chi connectivity index (χ2v) is 14.4. The number of carboxylic acids is 2. The van der Waals surface area contributed by atoms with Gasteiger partial charge in [-0.3, -0.25) is 0 Å². The molecule has 0 heterocycles. The maximum absolute atomic E-state index is 11.3. The summed E-state index contributed by atoms with van der Waals surface area (Å²) in [6, 6.07) is 0. The fourth-order valence-corrected chi connectivity index (χ4v) is 6.61. The molecular formula is C26H48O8S2Sn. The van der Waals surface area contributed by atoms with Crippen LogP contribution >= 0.6 is 23.5 Å². The number of ether oxygens (including phenoxy) is 2. The van der Waals surface area contributed by atoms with Crippen molar-refractivity contribution in [3.05, 3.63) is 0 Å². The maximum Gasteiger partial charge on any atom is 0.0513 e. The van der Waals surface area contributed by atoms with Gasteiger partial charge in [-0.25, -0.2) is 0 Å². The third-order valence-corrected chi connectivity index (χ3v) is 9.74. The average molecular weight is 672 g/mol. The third kappa shape index (κ3) is 45.7. The molecule has 0 saturated heterocycles. The minimum Gasteiger partial charge on any atom is -0.549 e. The predicted molar refractivity (Wildman–Crippen MR) is 151 cm³/mol. The molecule has 0 fully saturated rings. The van der Waals surface area contributed by atoms with Crippen molar-refractivity contribution in [3.63, 3.8) is 0 Å². The summed E-state index contributed by atoms with van der Waals surface area (Å²) >= 11 is 2.25. The number of hydrogen-bond donors (Lipinski definition) is 0. The molecule has 0 bridgehead atoms. The van der Waals surface area contributed by atoms with Gasteiger partial charge in [-0.05, 0) is 24.3 Å². The van der Waals surface area contributed by atoms with Crippen LogP contribution in [-0.2, 0) is 28.7 Å². The van der Waals surface area contributed by atoms with E-state index in [0.29, 0.717) is 26.1 Å². The molecule has 0 saturated carbocycles. The van der Waals surface area contributed by atoms with Gasteiger partial charge in [0.2, 0.25) is 0 Å². The Labute approximate surface area is 243 Å². The molecule has 11 heteroatoms. The molecule has 0 aliphatic rings. The number of carboxylic acid groups (broad SMARTS) is 2. The zero-order valence-corrected chi connectivity index (χ0v) is 27.8. The number of carbonyl (C=O) groups is 4. The summed E-state index contributed by atoms with van der Waals surface area (Å²) in [6.45, 7) is 9.40. The maximum atomic E-state index is 11.3. The molecule has 0 amide bonds. The molecular weight excluding hydrogens is 623 g/mol. The van der Waals surface area contributed by atoms with Crippen LogP contribution in [0.15, 0.2) is 0 Å². The van der Waals surface area contributed by atoms with Gasteiger partial charge in [0.25, 0.3) is 0 Å². The van der Waals surface area contributed by atoms with Crippen molar-refractivity contribution >= 4 is 68.5 Å². The summed E-state index contributed by atoms with van der Waals surface area (Å²) in [5, 5.41) is 19.7. The van der Waals surface area contributed by atoms with E-state index in [0.717, 1.165) is 71.7 Å². The van der Waals surface area contributed by atoms with Gasteiger partial charge >= 0.3 is 127 Å². The van der Waals surface area contributed by atoms with Crippen LogP contribution in [0.1, 0.15) is 91.9 Å². The Morgan fingerprint density at radius 2 is 0.973 bits per heavy atom. The van der Waals surface area contributed by atoms with Gasteiger partial charge in [-0.15, -0.1) is 0 Å². The molecule has 8 nitrogen and oxygen atoms in total. The smallest absolute Gasteiger partial charge is 0.0513 e. The molecule has 0 aliphatic carbocycles. The monoisotopic (exact) mass is 672 g/mol. The Bertz CT molecular complexity index is 505. The second-order valence-electron chi connectivity index (χ2n) is 7.95. The number of rotatable bonds is 22. The number of unbranched alkanes of at least 4 members (excludes halogenated alkanes) is 4. The molecule has 0 radical (unpaired) electrons. The number of esters is 2. The molecule has 0 aromatic heterocycles. The SMILES string of the molecule is CCCCOC(=O)C[CH2][Sn+2][CH2]CC(=O)OCCCC.CCCCSCC(=O)[O-].CCCCSCC(=O)[O-]. The van der Waals surface area contributed by atoms with E-state index < -0.39 is 33.1 Å². The first-order valence-electron chi connectivity index (χ1n) is 13.3. The topological polar surface area (TPSA) is 133 Å². The van der Waals surface area contributed by atoms with Gasteiger partial charge in [0.05, 0.1) is 11.9 Å². The van der Waals surface area contributed by atoms with Crippen molar-refractivity contribution in [2.45, 2.75) is 101 Å². The first-order valence-corrected chi connectivity index (χ1v) is 19.7. The largest absolute Gasteiger partial charge is 0.549 e. The molecule has 0 unspecified atom stereocenters. The fourth-order valence-electron chi connectivity index (χ4n) is 2.11. The van der Waals surface area contributed by atoms with Crippen molar-refractivity contribution in [1.82, 2.24) is 0 Å². The standard InChI is InChI=1S/2C7H13O2.2C6H12O2S.Sn/c2*1-3-5-6-9-7(8)4-2;2*1-2-3-4-9-5-6(7)8;/h2*2-6H2,1H3;2*2-5H2,1H3,(H,7,8);/q;;;;+2/p-2. The number of thioether (sulfide) groups is 2. The Hall–Kier alpha value is -0.621. The zero-order valence-electron chi connectivity index (χ0n) is 23.3. The van der Waals surface area contributed by atoms with E-state index in [-0.39, 0.29) is 23.4 Å². The molecule has 0 aliphatic heterocycles. The van der Waals surface area contributed by atoms with E-state index in [2.05, 4.69) is 27.7 Å². The molecule has 0 aromatic carbocycles. The van der Waals surface area contributed by atoms with Gasteiger partial charge < -0.3 is 19.8 Å². The summed E-state index contributed by atoms with van der Waals surface area (Å²) in [7, 11) is 0.